The van der Waals surface area contributed by atoms with Gasteiger partial charge in [-0.25, -0.2) is 13.4 Å². The fraction of sp³-hybridized carbons (Fsp3) is 0.478. The number of ether oxygens (including phenoxy) is 1. The zero-order valence-electron chi connectivity index (χ0n) is 19.5. The lowest BCUT2D eigenvalue weighted by atomic mass is 10.1. The molecule has 4 rings (SSSR count). The summed E-state index contributed by atoms with van der Waals surface area (Å²) in [5, 5.41) is 0. The number of amides is 1. The van der Waals surface area contributed by atoms with Crippen LogP contribution >= 0.6 is 0 Å². The number of morpholine rings is 1. The van der Waals surface area contributed by atoms with E-state index in [0.717, 1.165) is 43.2 Å². The van der Waals surface area contributed by atoms with Gasteiger partial charge in [-0.3, -0.25) is 4.79 Å². The van der Waals surface area contributed by atoms with E-state index in [1.807, 2.05) is 6.07 Å². The first-order valence-electron chi connectivity index (χ1n) is 11.3. The molecular formula is C23H27F3N4O4S. The lowest BCUT2D eigenvalue weighted by Crippen LogP contribution is -2.55. The van der Waals surface area contributed by atoms with E-state index in [0.29, 0.717) is 24.5 Å². The van der Waals surface area contributed by atoms with Crippen LogP contribution in [0.1, 0.15) is 28.5 Å². The largest absolute Gasteiger partial charge is 0.416 e. The van der Waals surface area contributed by atoms with Crippen molar-refractivity contribution in [1.82, 2.24) is 14.2 Å². The molecule has 8 nitrogen and oxygen atoms in total. The van der Waals surface area contributed by atoms with Gasteiger partial charge in [-0.15, -0.1) is 0 Å². The third-order valence-corrected chi connectivity index (χ3v) is 8.19. The maximum atomic E-state index is 13.3. The molecule has 3 heterocycles. The predicted octanol–water partition coefficient (Wildman–Crippen LogP) is 2.78. The number of carbonyl (C=O) groups excluding carboxylic acids is 1. The summed E-state index contributed by atoms with van der Waals surface area (Å²) in [4.78, 5) is 21.3. The molecule has 2 aromatic rings. The molecule has 1 amide bonds. The average molecular weight is 513 g/mol. The molecule has 0 bridgehead atoms. The van der Waals surface area contributed by atoms with Crippen molar-refractivity contribution in [2.45, 2.75) is 31.0 Å². The average Bonchev–Trinajstić information content (AvgIpc) is 2.83. The van der Waals surface area contributed by atoms with E-state index in [9.17, 15) is 26.4 Å². The first-order valence-corrected chi connectivity index (χ1v) is 12.7. The highest BCUT2D eigenvalue weighted by atomic mass is 32.2. The fourth-order valence-electron chi connectivity index (χ4n) is 4.31. The number of hydrogen-bond donors (Lipinski definition) is 0. The normalized spacial score (nSPS) is 20.2. The molecule has 1 aromatic heterocycles. The number of sulfonamides is 1. The minimum Gasteiger partial charge on any atom is -0.378 e. The molecule has 0 saturated carbocycles. The number of anilines is 1. The summed E-state index contributed by atoms with van der Waals surface area (Å²) < 4.78 is 71.0. The van der Waals surface area contributed by atoms with Crippen molar-refractivity contribution in [3.8, 4) is 0 Å². The van der Waals surface area contributed by atoms with E-state index in [1.54, 1.807) is 24.8 Å². The van der Waals surface area contributed by atoms with Crippen LogP contribution in [0.15, 0.2) is 41.3 Å². The Hall–Kier alpha value is -2.70. The number of benzene rings is 1. The van der Waals surface area contributed by atoms with Gasteiger partial charge in [0.2, 0.25) is 10.0 Å². The maximum Gasteiger partial charge on any atom is 0.416 e. The number of aryl methyl sites for hydroxylation is 1. The topological polar surface area (TPSA) is 83.1 Å². The van der Waals surface area contributed by atoms with Gasteiger partial charge in [0.1, 0.15) is 5.82 Å². The van der Waals surface area contributed by atoms with Crippen LogP contribution in [-0.2, 0) is 20.9 Å². The van der Waals surface area contributed by atoms with Crippen molar-refractivity contribution in [1.29, 1.82) is 0 Å². The van der Waals surface area contributed by atoms with E-state index in [2.05, 4.69) is 9.88 Å². The van der Waals surface area contributed by atoms with Crippen LogP contribution in [0.3, 0.4) is 0 Å². The van der Waals surface area contributed by atoms with E-state index in [1.165, 1.54) is 4.31 Å². The number of rotatable bonds is 4. The van der Waals surface area contributed by atoms with Gasteiger partial charge in [-0.1, -0.05) is 0 Å². The number of piperazine rings is 1. The Balaban J connectivity index is 1.45. The number of nitrogens with zero attached hydrogens (tertiary/aromatic N) is 4. The fourth-order valence-corrected chi connectivity index (χ4v) is 5.82. The Bertz CT molecular complexity index is 1180. The van der Waals surface area contributed by atoms with Gasteiger partial charge in [0.15, 0.2) is 0 Å². The molecular weight excluding hydrogens is 485 g/mol. The summed E-state index contributed by atoms with van der Waals surface area (Å²) in [5.41, 5.74) is 0.128. The van der Waals surface area contributed by atoms with Gasteiger partial charge in [0, 0.05) is 38.8 Å². The molecule has 2 saturated heterocycles. The van der Waals surface area contributed by atoms with Gasteiger partial charge in [0.05, 0.1) is 34.9 Å². The lowest BCUT2D eigenvalue weighted by Gasteiger charge is -2.39. The second kappa shape index (κ2) is 9.75. The van der Waals surface area contributed by atoms with Crippen LogP contribution < -0.4 is 4.90 Å². The molecule has 2 aliphatic rings. The van der Waals surface area contributed by atoms with Gasteiger partial charge in [-0.05, 0) is 50.2 Å². The Labute approximate surface area is 202 Å². The second-order valence-corrected chi connectivity index (χ2v) is 10.6. The third-order valence-electron chi connectivity index (χ3n) is 6.31. The number of carbonyl (C=O) groups is 1. The number of pyridine rings is 1. The predicted molar refractivity (Wildman–Crippen MR) is 123 cm³/mol. The molecule has 12 heteroatoms. The molecule has 190 valence electrons. The maximum absolute atomic E-state index is 13.3. The molecule has 0 N–H and O–H groups in total. The standard InChI is InChI=1S/C23H27F3N4O4S/c1-16-15-29(35(32,33)19-5-3-18(4-6-19)23(24,25)26)9-10-30(16)22(31)20-7-8-21(27-17(20)2)28-11-13-34-14-12-28/h3-8,16H,9-15H2,1-2H3/t16-/m0/s1. The molecule has 0 aliphatic carbocycles. The highest BCUT2D eigenvalue weighted by Crippen LogP contribution is 2.30. The first-order chi connectivity index (χ1) is 16.5. The Morgan fingerprint density at radius 3 is 2.26 bits per heavy atom. The molecule has 2 fully saturated rings. The molecule has 0 radical (unpaired) electrons. The van der Waals surface area contributed by atoms with E-state index in [4.69, 9.17) is 4.74 Å². The summed E-state index contributed by atoms with van der Waals surface area (Å²) in [6.07, 6.45) is -4.55. The van der Waals surface area contributed by atoms with Crippen molar-refractivity contribution in [2.75, 3.05) is 50.8 Å². The zero-order chi connectivity index (χ0) is 25.4. The summed E-state index contributed by atoms with van der Waals surface area (Å²) >= 11 is 0. The number of alkyl halides is 3. The van der Waals surface area contributed by atoms with Crippen molar-refractivity contribution in [2.24, 2.45) is 0 Å². The van der Waals surface area contributed by atoms with Crippen molar-refractivity contribution < 1.29 is 31.1 Å². The Morgan fingerprint density at radius 1 is 1.03 bits per heavy atom. The van der Waals surface area contributed by atoms with Gasteiger partial charge < -0.3 is 14.5 Å². The highest BCUT2D eigenvalue weighted by Gasteiger charge is 2.36. The van der Waals surface area contributed by atoms with E-state index >= 15 is 0 Å². The minimum atomic E-state index is -4.55. The van der Waals surface area contributed by atoms with Crippen LogP contribution in [0.25, 0.3) is 0 Å². The molecule has 2 aliphatic heterocycles. The first kappa shape index (κ1) is 25.4. The summed E-state index contributed by atoms with van der Waals surface area (Å²) in [5.74, 6) is 0.547. The highest BCUT2D eigenvalue weighted by molar-refractivity contribution is 7.89. The van der Waals surface area contributed by atoms with Crippen LogP contribution in [0.2, 0.25) is 0 Å². The van der Waals surface area contributed by atoms with Gasteiger partial charge in [0.25, 0.3) is 5.91 Å². The van der Waals surface area contributed by atoms with E-state index in [-0.39, 0.29) is 30.4 Å². The number of aromatic nitrogens is 1. The van der Waals surface area contributed by atoms with Crippen molar-refractivity contribution >= 4 is 21.7 Å². The molecule has 0 unspecified atom stereocenters. The quantitative estimate of drug-likeness (QED) is 0.627. The SMILES string of the molecule is Cc1nc(N2CCOCC2)ccc1C(=O)N1CCN(S(=O)(=O)c2ccc(C(F)(F)F)cc2)C[C@@H]1C. The van der Waals surface area contributed by atoms with Gasteiger partial charge in [-0.2, -0.15) is 17.5 Å². The number of halogens is 3. The third kappa shape index (κ3) is 5.29. The summed E-state index contributed by atoms with van der Waals surface area (Å²) in [7, 11) is -4.00. The summed E-state index contributed by atoms with van der Waals surface area (Å²) in [6.45, 7) is 6.45. The monoisotopic (exact) mass is 512 g/mol. The lowest BCUT2D eigenvalue weighted by molar-refractivity contribution is -0.137. The summed E-state index contributed by atoms with van der Waals surface area (Å²) in [6, 6.07) is 6.56. The Morgan fingerprint density at radius 2 is 1.69 bits per heavy atom. The molecule has 0 spiro atoms. The van der Waals surface area contributed by atoms with Crippen LogP contribution in [0.4, 0.5) is 19.0 Å². The van der Waals surface area contributed by atoms with E-state index < -0.39 is 27.8 Å². The molecule has 1 atom stereocenters. The molecule has 35 heavy (non-hydrogen) atoms. The second-order valence-electron chi connectivity index (χ2n) is 8.63. The van der Waals surface area contributed by atoms with Crippen molar-refractivity contribution in [3.63, 3.8) is 0 Å². The molecule has 1 aromatic carbocycles. The zero-order valence-corrected chi connectivity index (χ0v) is 20.3. The van der Waals surface area contributed by atoms with Gasteiger partial charge >= 0.3 is 6.18 Å². The van der Waals surface area contributed by atoms with Crippen LogP contribution in [0.5, 0.6) is 0 Å². The smallest absolute Gasteiger partial charge is 0.378 e. The Kier molecular flexibility index (Phi) is 7.07. The van der Waals surface area contributed by atoms with Crippen LogP contribution in [0, 0.1) is 6.92 Å². The van der Waals surface area contributed by atoms with Crippen LogP contribution in [-0.4, -0.2) is 80.5 Å². The number of hydrogen-bond acceptors (Lipinski definition) is 6. The minimum absolute atomic E-state index is 0.0352. The van der Waals surface area contributed by atoms with Crippen molar-refractivity contribution in [3.05, 3.63) is 53.2 Å².